The monoisotopic (exact) mass is 323 g/mol. The highest BCUT2D eigenvalue weighted by molar-refractivity contribution is 6.01. The maximum atomic E-state index is 13.1. The molecule has 0 fully saturated rings. The topological polar surface area (TPSA) is 76.3 Å². The van der Waals surface area contributed by atoms with Crippen molar-refractivity contribution >= 4 is 11.8 Å². The van der Waals surface area contributed by atoms with E-state index in [-0.39, 0.29) is 11.8 Å². The van der Waals surface area contributed by atoms with Crippen molar-refractivity contribution in [3.63, 3.8) is 0 Å². The van der Waals surface area contributed by atoms with Gasteiger partial charge in [0.15, 0.2) is 0 Å². The van der Waals surface area contributed by atoms with E-state index in [9.17, 15) is 9.59 Å². The Bertz CT molecular complexity index is 758. The molecule has 0 spiro atoms. The van der Waals surface area contributed by atoms with E-state index in [1.54, 1.807) is 23.4 Å². The number of carbonyl (C=O) groups is 2. The van der Waals surface area contributed by atoms with E-state index >= 15 is 0 Å². The van der Waals surface area contributed by atoms with Crippen LogP contribution in [0.15, 0.2) is 48.8 Å². The van der Waals surface area contributed by atoms with Gasteiger partial charge in [0.05, 0.1) is 12.0 Å². The number of nitrogens with zero attached hydrogens (tertiary/aromatic N) is 2. The summed E-state index contributed by atoms with van der Waals surface area (Å²) in [5.41, 5.74) is 7.83. The smallest absolute Gasteiger partial charge is 0.254 e. The van der Waals surface area contributed by atoms with Gasteiger partial charge in [-0.15, -0.1) is 0 Å². The van der Waals surface area contributed by atoms with Crippen LogP contribution in [0.5, 0.6) is 0 Å². The number of amides is 2. The molecule has 24 heavy (non-hydrogen) atoms. The van der Waals surface area contributed by atoms with Crippen molar-refractivity contribution in [2.75, 3.05) is 6.54 Å². The van der Waals surface area contributed by atoms with Crippen molar-refractivity contribution < 1.29 is 9.59 Å². The van der Waals surface area contributed by atoms with E-state index < -0.39 is 17.9 Å². The lowest BCUT2D eigenvalue weighted by atomic mass is 9.79. The summed E-state index contributed by atoms with van der Waals surface area (Å²) in [7, 11) is 0. The number of rotatable bonds is 4. The van der Waals surface area contributed by atoms with E-state index in [2.05, 4.69) is 4.98 Å². The molecule has 124 valence electrons. The molecule has 0 bridgehead atoms. The Hall–Kier alpha value is -2.69. The number of hydrogen-bond acceptors (Lipinski definition) is 3. The number of aromatic nitrogens is 1. The third kappa shape index (κ3) is 2.77. The van der Waals surface area contributed by atoms with Crippen LogP contribution >= 0.6 is 0 Å². The predicted molar refractivity (Wildman–Crippen MR) is 91.2 cm³/mol. The van der Waals surface area contributed by atoms with E-state index in [0.29, 0.717) is 17.7 Å². The number of benzene rings is 1. The highest BCUT2D eigenvalue weighted by Crippen LogP contribution is 2.42. The summed E-state index contributed by atoms with van der Waals surface area (Å²) in [6.45, 7) is 4.65. The largest absolute Gasteiger partial charge is 0.369 e. The molecule has 1 aromatic carbocycles. The molecule has 0 aliphatic carbocycles. The lowest BCUT2D eigenvalue weighted by molar-refractivity contribution is -0.121. The van der Waals surface area contributed by atoms with Crippen LogP contribution in [0, 0.1) is 5.92 Å². The zero-order valence-corrected chi connectivity index (χ0v) is 13.8. The first-order valence-corrected chi connectivity index (χ1v) is 8.10. The Morgan fingerprint density at radius 1 is 1.25 bits per heavy atom. The van der Waals surface area contributed by atoms with Gasteiger partial charge in [0.1, 0.15) is 0 Å². The zero-order chi connectivity index (χ0) is 17.3. The SMILES string of the molecule is CC(C)CN1C(=O)c2ccccc2C(C(N)=O)C1c1cccnc1. The minimum Gasteiger partial charge on any atom is -0.369 e. The summed E-state index contributed by atoms with van der Waals surface area (Å²) < 4.78 is 0. The molecule has 2 atom stereocenters. The minimum absolute atomic E-state index is 0.0642. The van der Waals surface area contributed by atoms with Crippen molar-refractivity contribution in [1.82, 2.24) is 9.88 Å². The third-order valence-corrected chi connectivity index (χ3v) is 4.33. The van der Waals surface area contributed by atoms with Gasteiger partial charge in [-0.1, -0.05) is 38.1 Å². The van der Waals surface area contributed by atoms with Crippen LogP contribution in [-0.4, -0.2) is 28.2 Å². The molecule has 2 N–H and O–H groups in total. The van der Waals surface area contributed by atoms with Gasteiger partial charge in [-0.2, -0.15) is 0 Å². The molecule has 0 saturated heterocycles. The molecule has 0 saturated carbocycles. The number of carbonyl (C=O) groups excluding carboxylic acids is 2. The van der Waals surface area contributed by atoms with E-state index in [1.807, 2.05) is 44.2 Å². The summed E-state index contributed by atoms with van der Waals surface area (Å²) >= 11 is 0. The van der Waals surface area contributed by atoms with E-state index in [4.69, 9.17) is 5.73 Å². The second-order valence-electron chi connectivity index (χ2n) is 6.55. The summed E-state index contributed by atoms with van der Waals surface area (Å²) in [4.78, 5) is 31.3. The lowest BCUT2D eigenvalue weighted by Gasteiger charge is -2.42. The molecule has 0 radical (unpaired) electrons. The molecule has 1 aliphatic heterocycles. The van der Waals surface area contributed by atoms with Crippen LogP contribution in [0.2, 0.25) is 0 Å². The molecule has 3 rings (SSSR count). The van der Waals surface area contributed by atoms with Crippen molar-refractivity contribution in [3.05, 3.63) is 65.5 Å². The van der Waals surface area contributed by atoms with Crippen molar-refractivity contribution in [1.29, 1.82) is 0 Å². The van der Waals surface area contributed by atoms with Gasteiger partial charge >= 0.3 is 0 Å². The number of pyridine rings is 1. The van der Waals surface area contributed by atoms with Gasteiger partial charge < -0.3 is 10.6 Å². The van der Waals surface area contributed by atoms with Gasteiger partial charge in [0.25, 0.3) is 5.91 Å². The first kappa shape index (κ1) is 16.2. The standard InChI is InChI=1S/C19H21N3O2/c1-12(2)11-22-17(13-6-5-9-21-10-13)16(18(20)23)14-7-3-4-8-15(14)19(22)24/h3-10,12,16-17H,11H2,1-2H3,(H2,20,23). The average Bonchev–Trinajstić information content (AvgIpc) is 2.57. The van der Waals surface area contributed by atoms with Crippen molar-refractivity contribution in [2.45, 2.75) is 25.8 Å². The summed E-state index contributed by atoms with van der Waals surface area (Å²) in [6.07, 6.45) is 3.38. The van der Waals surface area contributed by atoms with Crippen molar-refractivity contribution in [3.8, 4) is 0 Å². The molecule has 1 aromatic heterocycles. The molecule has 2 unspecified atom stereocenters. The summed E-state index contributed by atoms with van der Waals surface area (Å²) in [5, 5.41) is 0. The Labute approximate surface area is 141 Å². The van der Waals surface area contributed by atoms with Gasteiger partial charge in [-0.3, -0.25) is 14.6 Å². The Morgan fingerprint density at radius 3 is 2.62 bits per heavy atom. The molecule has 1 aliphatic rings. The Morgan fingerprint density at radius 2 is 2.00 bits per heavy atom. The van der Waals surface area contributed by atoms with Crippen LogP contribution < -0.4 is 5.73 Å². The highest BCUT2D eigenvalue weighted by atomic mass is 16.2. The Balaban J connectivity index is 2.20. The maximum absolute atomic E-state index is 13.1. The van der Waals surface area contributed by atoms with Gasteiger partial charge in [-0.05, 0) is 29.2 Å². The van der Waals surface area contributed by atoms with E-state index in [0.717, 1.165) is 5.56 Å². The van der Waals surface area contributed by atoms with Crippen molar-refractivity contribution in [2.24, 2.45) is 11.7 Å². The fourth-order valence-corrected chi connectivity index (χ4v) is 3.42. The predicted octanol–water partition coefficient (Wildman–Crippen LogP) is 2.50. The molecule has 5 nitrogen and oxygen atoms in total. The summed E-state index contributed by atoms with van der Waals surface area (Å²) in [6, 6.07) is 10.5. The zero-order valence-electron chi connectivity index (χ0n) is 13.8. The molecular weight excluding hydrogens is 302 g/mol. The molecule has 2 aromatic rings. The van der Waals surface area contributed by atoms with Crippen LogP contribution in [0.1, 0.15) is 47.3 Å². The fourth-order valence-electron chi connectivity index (χ4n) is 3.42. The number of primary amides is 1. The van der Waals surface area contributed by atoms with Crippen LogP contribution in [0.4, 0.5) is 0 Å². The highest BCUT2D eigenvalue weighted by Gasteiger charge is 2.43. The second kappa shape index (κ2) is 6.43. The molecule has 2 amide bonds. The number of hydrogen-bond donors (Lipinski definition) is 1. The normalized spacial score (nSPS) is 20.1. The molecule has 2 heterocycles. The van der Waals surface area contributed by atoms with Gasteiger partial charge in [-0.25, -0.2) is 0 Å². The first-order chi connectivity index (χ1) is 11.5. The first-order valence-electron chi connectivity index (χ1n) is 8.10. The van der Waals surface area contributed by atoms with Crippen LogP contribution in [0.25, 0.3) is 0 Å². The van der Waals surface area contributed by atoms with Gasteiger partial charge in [0.2, 0.25) is 5.91 Å². The minimum atomic E-state index is -0.582. The maximum Gasteiger partial charge on any atom is 0.254 e. The quantitative estimate of drug-likeness (QED) is 0.939. The fraction of sp³-hybridized carbons (Fsp3) is 0.316. The second-order valence-corrected chi connectivity index (χ2v) is 6.55. The van der Waals surface area contributed by atoms with E-state index in [1.165, 1.54) is 0 Å². The third-order valence-electron chi connectivity index (χ3n) is 4.33. The molecule has 5 heteroatoms. The Kier molecular flexibility index (Phi) is 4.34. The number of nitrogens with two attached hydrogens (primary N) is 1. The van der Waals surface area contributed by atoms with Crippen LogP contribution in [0.3, 0.4) is 0 Å². The summed E-state index contributed by atoms with van der Waals surface area (Å²) in [5.74, 6) is -0.808. The number of fused-ring (bicyclic) bond motifs is 1. The van der Waals surface area contributed by atoms with Gasteiger partial charge in [0, 0.05) is 24.5 Å². The van der Waals surface area contributed by atoms with Crippen LogP contribution in [-0.2, 0) is 4.79 Å². The lowest BCUT2D eigenvalue weighted by Crippen LogP contribution is -2.47. The average molecular weight is 323 g/mol. The molecular formula is C19H21N3O2.